The van der Waals surface area contributed by atoms with E-state index in [1.807, 2.05) is 26.0 Å². The van der Waals surface area contributed by atoms with Gasteiger partial charge in [-0.15, -0.1) is 0 Å². The number of carbonyl (C=O) groups is 1. The first-order valence-corrected chi connectivity index (χ1v) is 8.31. The first kappa shape index (κ1) is 17.8. The summed E-state index contributed by atoms with van der Waals surface area (Å²) < 4.78 is 0. The molecule has 0 radical (unpaired) electrons. The quantitative estimate of drug-likeness (QED) is 0.735. The maximum Gasteiger partial charge on any atom is 0.255 e. The molecule has 7 nitrogen and oxygen atoms in total. The van der Waals surface area contributed by atoms with E-state index in [0.29, 0.717) is 11.4 Å². The van der Waals surface area contributed by atoms with Crippen molar-refractivity contribution in [3.63, 3.8) is 0 Å². The number of nitrogens with one attached hydrogen (secondary N) is 1. The van der Waals surface area contributed by atoms with Gasteiger partial charge in [0.05, 0.1) is 17.9 Å². The van der Waals surface area contributed by atoms with Crippen LogP contribution in [0, 0.1) is 13.8 Å². The number of pyridine rings is 2. The van der Waals surface area contributed by atoms with Gasteiger partial charge in [0.25, 0.3) is 5.91 Å². The molecule has 134 valence electrons. The Hall–Kier alpha value is -3.06. The van der Waals surface area contributed by atoms with Gasteiger partial charge in [0.15, 0.2) is 5.82 Å². The molecule has 0 aliphatic carbocycles. The lowest BCUT2D eigenvalue weighted by atomic mass is 10.1. The third kappa shape index (κ3) is 3.62. The largest absolute Gasteiger partial charge is 0.395 e. The van der Waals surface area contributed by atoms with Crippen LogP contribution in [0.15, 0.2) is 36.8 Å². The van der Waals surface area contributed by atoms with Crippen LogP contribution in [0.1, 0.15) is 21.7 Å². The highest BCUT2D eigenvalue weighted by atomic mass is 16.3. The first-order chi connectivity index (χ1) is 12.5. The predicted octanol–water partition coefficient (Wildman–Crippen LogP) is 2.21. The van der Waals surface area contributed by atoms with Gasteiger partial charge in [-0.1, -0.05) is 0 Å². The van der Waals surface area contributed by atoms with Crippen LogP contribution in [0.3, 0.4) is 0 Å². The van der Waals surface area contributed by atoms with Crippen molar-refractivity contribution in [1.29, 1.82) is 0 Å². The zero-order valence-corrected chi connectivity index (χ0v) is 15.0. The van der Waals surface area contributed by atoms with Crippen LogP contribution >= 0.6 is 0 Å². The number of aromatic amines is 1. The summed E-state index contributed by atoms with van der Waals surface area (Å²) in [6, 6.07) is 5.58. The van der Waals surface area contributed by atoms with E-state index in [1.165, 1.54) is 11.1 Å². The highest BCUT2D eigenvalue weighted by Crippen LogP contribution is 2.24. The van der Waals surface area contributed by atoms with Crippen LogP contribution in [0.5, 0.6) is 0 Å². The average Bonchev–Trinajstić information content (AvgIpc) is 3.00. The minimum absolute atomic E-state index is 0.0783. The number of carbonyl (C=O) groups excluding carboxylic acids is 1. The van der Waals surface area contributed by atoms with Gasteiger partial charge < -0.3 is 15.0 Å². The monoisotopic (exact) mass is 351 g/mol. The Morgan fingerprint density at radius 3 is 2.73 bits per heavy atom. The molecule has 0 saturated heterocycles. The predicted molar refractivity (Wildman–Crippen MR) is 98.6 cm³/mol. The van der Waals surface area contributed by atoms with E-state index in [9.17, 15) is 4.79 Å². The number of aromatic nitrogens is 4. The van der Waals surface area contributed by atoms with Crippen molar-refractivity contribution in [2.45, 2.75) is 13.8 Å². The second-order valence-corrected chi connectivity index (χ2v) is 6.14. The minimum Gasteiger partial charge on any atom is -0.395 e. The van der Waals surface area contributed by atoms with Crippen LogP contribution in [-0.2, 0) is 0 Å². The molecule has 3 heterocycles. The van der Waals surface area contributed by atoms with Crippen LogP contribution in [0.25, 0.3) is 22.6 Å². The molecule has 1 amide bonds. The van der Waals surface area contributed by atoms with E-state index in [1.54, 1.807) is 25.5 Å². The van der Waals surface area contributed by atoms with Crippen molar-refractivity contribution >= 4 is 5.91 Å². The molecule has 3 rings (SSSR count). The molecule has 2 N–H and O–H groups in total. The van der Waals surface area contributed by atoms with Crippen LogP contribution < -0.4 is 0 Å². The molecular weight excluding hydrogens is 330 g/mol. The van der Waals surface area contributed by atoms with Crippen LogP contribution in [0.2, 0.25) is 0 Å². The fourth-order valence-corrected chi connectivity index (χ4v) is 2.60. The van der Waals surface area contributed by atoms with Gasteiger partial charge in [0.2, 0.25) is 0 Å². The normalized spacial score (nSPS) is 10.8. The van der Waals surface area contributed by atoms with E-state index >= 15 is 0 Å². The molecule has 0 aliphatic rings. The van der Waals surface area contributed by atoms with Crippen molar-refractivity contribution in [3.05, 3.63) is 53.7 Å². The van der Waals surface area contributed by atoms with Crippen molar-refractivity contribution in [2.75, 3.05) is 20.2 Å². The molecule has 0 atom stereocenters. The van der Waals surface area contributed by atoms with Gasteiger partial charge in [-0.05, 0) is 37.6 Å². The van der Waals surface area contributed by atoms with Gasteiger partial charge in [-0.2, -0.15) is 0 Å². The maximum atomic E-state index is 12.4. The second kappa shape index (κ2) is 7.45. The third-order valence-corrected chi connectivity index (χ3v) is 4.23. The summed E-state index contributed by atoms with van der Waals surface area (Å²) in [4.78, 5) is 30.1. The number of likely N-dealkylation sites (N-methyl/N-ethyl adjacent to an activating group) is 1. The van der Waals surface area contributed by atoms with Crippen molar-refractivity contribution in [1.82, 2.24) is 24.8 Å². The van der Waals surface area contributed by atoms with Crippen LogP contribution in [0.4, 0.5) is 0 Å². The Morgan fingerprint density at radius 2 is 2.04 bits per heavy atom. The zero-order valence-electron chi connectivity index (χ0n) is 15.0. The Balaban J connectivity index is 1.93. The number of H-pyrrole nitrogens is 1. The Bertz CT molecular complexity index is 916. The minimum atomic E-state index is -0.181. The summed E-state index contributed by atoms with van der Waals surface area (Å²) in [7, 11) is 1.65. The number of hydrogen-bond acceptors (Lipinski definition) is 5. The van der Waals surface area contributed by atoms with Gasteiger partial charge in [0.1, 0.15) is 5.69 Å². The average molecular weight is 351 g/mol. The molecule has 7 heteroatoms. The maximum absolute atomic E-state index is 12.4. The molecule has 0 aromatic carbocycles. The topological polar surface area (TPSA) is 95.0 Å². The lowest BCUT2D eigenvalue weighted by molar-refractivity contribution is 0.0766. The molecule has 3 aromatic heterocycles. The molecule has 26 heavy (non-hydrogen) atoms. The molecule has 0 aliphatic heterocycles. The lowest BCUT2D eigenvalue weighted by Crippen LogP contribution is -2.29. The molecule has 0 bridgehead atoms. The first-order valence-electron chi connectivity index (χ1n) is 8.31. The number of amides is 1. The van der Waals surface area contributed by atoms with Gasteiger partial charge in [-0.25, -0.2) is 4.98 Å². The summed E-state index contributed by atoms with van der Waals surface area (Å²) >= 11 is 0. The fourth-order valence-electron chi connectivity index (χ4n) is 2.60. The second-order valence-electron chi connectivity index (χ2n) is 6.14. The molecular formula is C19H21N5O2. The number of aliphatic hydroxyl groups excluding tert-OH is 1. The third-order valence-electron chi connectivity index (χ3n) is 4.23. The standard InChI is InChI=1S/C19H21N5O2/c1-12-13(2)23-18(22-12)17-9-14(4-5-21-17)15-8-16(11-20-10-15)19(26)24(3)6-7-25/h4-5,8-11,25H,6-7H2,1-3H3,(H,22,23). The summed E-state index contributed by atoms with van der Waals surface area (Å²) in [5.41, 5.74) is 4.86. The Morgan fingerprint density at radius 1 is 1.23 bits per heavy atom. The SMILES string of the molecule is Cc1nc(-c2cc(-c3cncc(C(=O)N(C)CCO)c3)ccn2)[nH]c1C. The summed E-state index contributed by atoms with van der Waals surface area (Å²) in [6.45, 7) is 4.11. The van der Waals surface area contributed by atoms with Crippen molar-refractivity contribution in [2.24, 2.45) is 0 Å². The summed E-state index contributed by atoms with van der Waals surface area (Å²) in [5.74, 6) is 0.532. The van der Waals surface area contributed by atoms with E-state index < -0.39 is 0 Å². The van der Waals surface area contributed by atoms with E-state index in [2.05, 4.69) is 19.9 Å². The number of hydrogen-bond donors (Lipinski definition) is 2. The number of nitrogens with zero attached hydrogens (tertiary/aromatic N) is 4. The molecule has 0 spiro atoms. The summed E-state index contributed by atoms with van der Waals surface area (Å²) in [5, 5.41) is 9.00. The highest BCUT2D eigenvalue weighted by Gasteiger charge is 2.13. The number of aliphatic hydroxyl groups is 1. The van der Waals surface area contributed by atoms with Gasteiger partial charge in [-0.3, -0.25) is 14.8 Å². The van der Waals surface area contributed by atoms with E-state index in [4.69, 9.17) is 5.11 Å². The van der Waals surface area contributed by atoms with E-state index in [-0.39, 0.29) is 19.1 Å². The molecule has 0 fully saturated rings. The molecule has 0 unspecified atom stereocenters. The summed E-state index contributed by atoms with van der Waals surface area (Å²) in [6.07, 6.45) is 4.95. The Labute approximate surface area is 151 Å². The fraction of sp³-hybridized carbons (Fsp3) is 0.263. The highest BCUT2D eigenvalue weighted by molar-refractivity contribution is 5.95. The van der Waals surface area contributed by atoms with E-state index in [0.717, 1.165) is 28.2 Å². The van der Waals surface area contributed by atoms with Crippen molar-refractivity contribution in [3.8, 4) is 22.6 Å². The zero-order chi connectivity index (χ0) is 18.7. The number of rotatable bonds is 5. The molecule has 3 aromatic rings. The number of imidazole rings is 1. The van der Waals surface area contributed by atoms with Crippen LogP contribution in [-0.4, -0.2) is 56.0 Å². The number of aryl methyl sites for hydroxylation is 2. The lowest BCUT2D eigenvalue weighted by Gasteiger charge is -2.15. The van der Waals surface area contributed by atoms with Gasteiger partial charge >= 0.3 is 0 Å². The van der Waals surface area contributed by atoms with Crippen molar-refractivity contribution < 1.29 is 9.90 Å². The van der Waals surface area contributed by atoms with Gasteiger partial charge in [0, 0.05) is 43.4 Å². The smallest absolute Gasteiger partial charge is 0.255 e. The molecule has 0 saturated carbocycles. The Kier molecular flexibility index (Phi) is 5.09.